The molecule has 0 saturated carbocycles. The molecule has 2 rings (SSSR count). The Bertz CT molecular complexity index is 390. The van der Waals surface area contributed by atoms with Gasteiger partial charge in [0.05, 0.1) is 13.7 Å². The molecule has 0 N–H and O–H groups in total. The Morgan fingerprint density at radius 2 is 2.00 bits per heavy atom. The third kappa shape index (κ3) is 2.18. The lowest BCUT2D eigenvalue weighted by molar-refractivity contribution is -0.138. The number of methoxy groups -OCH3 is 1. The maximum absolute atomic E-state index is 11.0. The van der Waals surface area contributed by atoms with Crippen LogP contribution in [0.3, 0.4) is 0 Å². The molecule has 0 atom stereocenters. The topological polar surface area (TPSA) is 35.5 Å². The van der Waals surface area contributed by atoms with Crippen molar-refractivity contribution < 1.29 is 14.3 Å². The van der Waals surface area contributed by atoms with Gasteiger partial charge in [-0.1, -0.05) is 12.1 Å². The quantitative estimate of drug-likeness (QED) is 0.691. The summed E-state index contributed by atoms with van der Waals surface area (Å²) in [6.07, 6.45) is 2.32. The highest BCUT2D eigenvalue weighted by Crippen LogP contribution is 2.23. The van der Waals surface area contributed by atoms with Crippen LogP contribution in [0.2, 0.25) is 0 Å². The molecule has 0 amide bonds. The van der Waals surface area contributed by atoms with E-state index in [0.717, 1.165) is 23.3 Å². The predicted molar refractivity (Wildman–Crippen MR) is 56.5 cm³/mol. The van der Waals surface area contributed by atoms with Crippen molar-refractivity contribution in [1.82, 2.24) is 0 Å². The van der Waals surface area contributed by atoms with Crippen LogP contribution in [0.1, 0.15) is 12.0 Å². The van der Waals surface area contributed by atoms with Crippen molar-refractivity contribution in [3.63, 3.8) is 0 Å². The average Bonchev–Trinajstić information content (AvgIpc) is 2.29. The SMILES string of the molecule is COc1ccc(C2=CC(=O)OCC2)cc1. The largest absolute Gasteiger partial charge is 0.497 e. The summed E-state index contributed by atoms with van der Waals surface area (Å²) in [6, 6.07) is 7.67. The Morgan fingerprint density at radius 3 is 2.60 bits per heavy atom. The third-order valence-corrected chi connectivity index (χ3v) is 2.37. The first kappa shape index (κ1) is 9.77. The van der Waals surface area contributed by atoms with Crippen LogP contribution >= 0.6 is 0 Å². The van der Waals surface area contributed by atoms with Gasteiger partial charge in [-0.3, -0.25) is 0 Å². The summed E-state index contributed by atoms with van der Waals surface area (Å²) in [5.41, 5.74) is 2.07. The summed E-state index contributed by atoms with van der Waals surface area (Å²) < 4.78 is 9.90. The Hall–Kier alpha value is -1.77. The second kappa shape index (κ2) is 4.17. The number of benzene rings is 1. The van der Waals surface area contributed by atoms with E-state index in [0.29, 0.717) is 6.61 Å². The van der Waals surface area contributed by atoms with Crippen LogP contribution in [0.4, 0.5) is 0 Å². The molecule has 0 bridgehead atoms. The van der Waals surface area contributed by atoms with E-state index in [2.05, 4.69) is 0 Å². The molecule has 3 heteroatoms. The number of ether oxygens (including phenoxy) is 2. The Labute approximate surface area is 88.3 Å². The van der Waals surface area contributed by atoms with Crippen molar-refractivity contribution in [2.75, 3.05) is 13.7 Å². The number of hydrogen-bond donors (Lipinski definition) is 0. The van der Waals surface area contributed by atoms with Gasteiger partial charge in [0.25, 0.3) is 0 Å². The van der Waals surface area contributed by atoms with E-state index in [-0.39, 0.29) is 5.97 Å². The lowest BCUT2D eigenvalue weighted by Crippen LogP contribution is -2.09. The second-order valence-corrected chi connectivity index (χ2v) is 3.32. The van der Waals surface area contributed by atoms with Crippen molar-refractivity contribution in [3.8, 4) is 5.75 Å². The van der Waals surface area contributed by atoms with Crippen LogP contribution in [0, 0.1) is 0 Å². The van der Waals surface area contributed by atoms with Gasteiger partial charge >= 0.3 is 5.97 Å². The first-order valence-corrected chi connectivity index (χ1v) is 4.81. The third-order valence-electron chi connectivity index (χ3n) is 2.37. The monoisotopic (exact) mass is 204 g/mol. The minimum absolute atomic E-state index is 0.257. The second-order valence-electron chi connectivity index (χ2n) is 3.32. The zero-order chi connectivity index (χ0) is 10.7. The van der Waals surface area contributed by atoms with Crippen LogP contribution < -0.4 is 4.74 Å². The first-order valence-electron chi connectivity index (χ1n) is 4.81. The highest BCUT2D eigenvalue weighted by atomic mass is 16.5. The van der Waals surface area contributed by atoms with E-state index in [1.807, 2.05) is 24.3 Å². The molecule has 1 aromatic rings. The van der Waals surface area contributed by atoms with Crippen LogP contribution in [0.5, 0.6) is 5.75 Å². The molecule has 0 aromatic heterocycles. The molecule has 0 fully saturated rings. The maximum atomic E-state index is 11.0. The van der Waals surface area contributed by atoms with E-state index >= 15 is 0 Å². The van der Waals surface area contributed by atoms with Gasteiger partial charge in [0.15, 0.2) is 0 Å². The van der Waals surface area contributed by atoms with Crippen LogP contribution in [-0.2, 0) is 9.53 Å². The molecule has 1 aliphatic rings. The Balaban J connectivity index is 2.25. The number of rotatable bonds is 2. The summed E-state index contributed by atoms with van der Waals surface area (Å²) in [6.45, 7) is 0.469. The molecule has 1 aliphatic heterocycles. The molecule has 0 spiro atoms. The van der Waals surface area contributed by atoms with Crippen molar-refractivity contribution in [1.29, 1.82) is 0 Å². The van der Waals surface area contributed by atoms with Crippen LogP contribution in [-0.4, -0.2) is 19.7 Å². The number of cyclic esters (lactones) is 1. The zero-order valence-corrected chi connectivity index (χ0v) is 8.53. The average molecular weight is 204 g/mol. The fourth-order valence-corrected chi connectivity index (χ4v) is 1.55. The summed E-state index contributed by atoms with van der Waals surface area (Å²) >= 11 is 0. The molecule has 1 aromatic carbocycles. The lowest BCUT2D eigenvalue weighted by atomic mass is 10.0. The number of hydrogen-bond acceptors (Lipinski definition) is 3. The Kier molecular flexibility index (Phi) is 2.72. The summed E-state index contributed by atoms with van der Waals surface area (Å²) in [4.78, 5) is 11.0. The van der Waals surface area contributed by atoms with E-state index in [4.69, 9.17) is 9.47 Å². The van der Waals surface area contributed by atoms with Crippen LogP contribution in [0.25, 0.3) is 5.57 Å². The molecule has 0 radical (unpaired) electrons. The number of esters is 1. The highest BCUT2D eigenvalue weighted by molar-refractivity contribution is 5.92. The molecule has 1 heterocycles. The maximum Gasteiger partial charge on any atom is 0.331 e. The minimum Gasteiger partial charge on any atom is -0.497 e. The molecule has 0 saturated heterocycles. The fourth-order valence-electron chi connectivity index (χ4n) is 1.55. The van der Waals surface area contributed by atoms with E-state index < -0.39 is 0 Å². The number of carbonyl (C=O) groups excluding carboxylic acids is 1. The molecule has 3 nitrogen and oxygen atoms in total. The molecule has 78 valence electrons. The summed E-state index contributed by atoms with van der Waals surface area (Å²) in [7, 11) is 1.63. The molecule has 0 unspecified atom stereocenters. The van der Waals surface area contributed by atoms with E-state index in [1.54, 1.807) is 13.2 Å². The van der Waals surface area contributed by atoms with Gasteiger partial charge in [-0.05, 0) is 23.3 Å². The molecule has 0 aliphatic carbocycles. The normalized spacial score (nSPS) is 15.5. The van der Waals surface area contributed by atoms with Gasteiger partial charge < -0.3 is 9.47 Å². The van der Waals surface area contributed by atoms with Crippen molar-refractivity contribution in [3.05, 3.63) is 35.9 Å². The van der Waals surface area contributed by atoms with E-state index in [1.165, 1.54) is 0 Å². The molecular formula is C12H12O3. The van der Waals surface area contributed by atoms with Crippen molar-refractivity contribution >= 4 is 11.5 Å². The van der Waals surface area contributed by atoms with Gasteiger partial charge in [-0.15, -0.1) is 0 Å². The van der Waals surface area contributed by atoms with Crippen LogP contribution in [0.15, 0.2) is 30.3 Å². The first-order chi connectivity index (χ1) is 7.29. The van der Waals surface area contributed by atoms with Gasteiger partial charge in [0.1, 0.15) is 5.75 Å². The predicted octanol–water partition coefficient (Wildman–Crippen LogP) is 2.03. The zero-order valence-electron chi connectivity index (χ0n) is 8.53. The van der Waals surface area contributed by atoms with Gasteiger partial charge in [0, 0.05) is 12.5 Å². The van der Waals surface area contributed by atoms with Crippen molar-refractivity contribution in [2.24, 2.45) is 0 Å². The number of carbonyl (C=O) groups is 1. The summed E-state index contributed by atoms with van der Waals surface area (Å²) in [5.74, 6) is 0.560. The fraction of sp³-hybridized carbons (Fsp3) is 0.250. The molecular weight excluding hydrogens is 192 g/mol. The van der Waals surface area contributed by atoms with E-state index in [9.17, 15) is 4.79 Å². The van der Waals surface area contributed by atoms with Crippen molar-refractivity contribution in [2.45, 2.75) is 6.42 Å². The lowest BCUT2D eigenvalue weighted by Gasteiger charge is -2.13. The highest BCUT2D eigenvalue weighted by Gasteiger charge is 2.11. The Morgan fingerprint density at radius 1 is 1.27 bits per heavy atom. The standard InChI is InChI=1S/C12H12O3/c1-14-11-4-2-9(3-5-11)10-6-7-15-12(13)8-10/h2-5,8H,6-7H2,1H3. The summed E-state index contributed by atoms with van der Waals surface area (Å²) in [5, 5.41) is 0. The van der Waals surface area contributed by atoms with Gasteiger partial charge in [0.2, 0.25) is 0 Å². The van der Waals surface area contributed by atoms with Gasteiger partial charge in [-0.25, -0.2) is 4.79 Å². The minimum atomic E-state index is -0.257. The van der Waals surface area contributed by atoms with Gasteiger partial charge in [-0.2, -0.15) is 0 Å². The molecule has 15 heavy (non-hydrogen) atoms. The smallest absolute Gasteiger partial charge is 0.331 e.